The molecule has 0 saturated carbocycles. The highest BCUT2D eigenvalue weighted by molar-refractivity contribution is 4.80. The minimum absolute atomic E-state index is 0.674. The maximum atomic E-state index is 5.13. The third kappa shape index (κ3) is 3.74. The summed E-state index contributed by atoms with van der Waals surface area (Å²) >= 11 is 0. The smallest absolute Gasteiger partial charge is 0.0311 e. The first-order chi connectivity index (χ1) is 2.91. The van der Waals surface area contributed by atoms with Crippen molar-refractivity contribution in [3.63, 3.8) is 0 Å². The molecule has 0 nitrogen and oxygen atoms in total. The summed E-state index contributed by atoms with van der Waals surface area (Å²) in [6.07, 6.45) is 5.78. The van der Waals surface area contributed by atoms with E-state index in [-0.39, 0.29) is 0 Å². The van der Waals surface area contributed by atoms with Gasteiger partial charge in [-0.25, -0.2) is 0 Å². The maximum absolute atomic E-state index is 5.13. The molecule has 0 aliphatic heterocycles. The summed E-state index contributed by atoms with van der Waals surface area (Å²) < 4.78 is 0. The summed E-state index contributed by atoms with van der Waals surface area (Å²) in [6, 6.07) is 0. The molecule has 0 amide bonds. The van der Waals surface area contributed by atoms with Gasteiger partial charge in [-0.2, -0.15) is 0 Å². The number of allylic oxidation sites excluding steroid dienone is 2. The largest absolute Gasteiger partial charge is 0.0888 e. The number of hydrogen-bond donors (Lipinski definition) is 0. The van der Waals surface area contributed by atoms with E-state index in [1.807, 2.05) is 6.08 Å². The molecule has 34 valence electrons. The molecular formula is C6H10. The van der Waals surface area contributed by atoms with Crippen LogP contribution in [0.1, 0.15) is 19.8 Å². The Morgan fingerprint density at radius 2 is 2.17 bits per heavy atom. The van der Waals surface area contributed by atoms with Crippen LogP contribution in [0.5, 0.6) is 0 Å². The second-order valence-corrected chi connectivity index (χ2v) is 1.12. The van der Waals surface area contributed by atoms with Gasteiger partial charge in [-0.3, -0.25) is 0 Å². The van der Waals surface area contributed by atoms with E-state index in [2.05, 4.69) is 13.0 Å². The van der Waals surface area contributed by atoms with E-state index in [0.717, 1.165) is 6.42 Å². The Kier molecular flexibility index (Phi) is 4.53. The van der Waals surface area contributed by atoms with Gasteiger partial charge in [0.15, 0.2) is 0 Å². The van der Waals surface area contributed by atoms with Crippen LogP contribution in [0.25, 0.3) is 0 Å². The fourth-order valence-electron chi connectivity index (χ4n) is 0.263. The van der Waals surface area contributed by atoms with Crippen LogP contribution < -0.4 is 0 Å². The summed E-state index contributed by atoms with van der Waals surface area (Å²) in [4.78, 5) is 0. The molecule has 0 fully saturated rings. The van der Waals surface area contributed by atoms with Gasteiger partial charge in [0.1, 0.15) is 0 Å². The molecule has 0 aromatic heterocycles. The first-order valence-corrected chi connectivity index (χ1v) is 2.27. The van der Waals surface area contributed by atoms with Crippen molar-refractivity contribution in [3.05, 3.63) is 19.1 Å². The van der Waals surface area contributed by atoms with Gasteiger partial charge in [0, 0.05) is 0 Å². The highest BCUT2D eigenvalue weighted by Gasteiger charge is 1.60. The maximum Gasteiger partial charge on any atom is -0.0311 e. The third-order valence-electron chi connectivity index (χ3n) is 0.538. The minimum Gasteiger partial charge on any atom is -0.0888 e. The zero-order valence-electron chi connectivity index (χ0n) is 4.15. The zero-order chi connectivity index (χ0) is 4.83. The molecule has 0 unspecified atom stereocenters. The Balaban J connectivity index is 2.73. The van der Waals surface area contributed by atoms with E-state index in [1.54, 1.807) is 0 Å². The normalized spacial score (nSPS) is 10.3. The fourth-order valence-corrected chi connectivity index (χ4v) is 0.263. The summed E-state index contributed by atoms with van der Waals surface area (Å²) in [7, 11) is 0. The second kappa shape index (κ2) is 4.74. The van der Waals surface area contributed by atoms with Gasteiger partial charge in [-0.15, -0.1) is 0 Å². The predicted molar refractivity (Wildman–Crippen MR) is 28.3 cm³/mol. The third-order valence-corrected chi connectivity index (χ3v) is 0.538. The van der Waals surface area contributed by atoms with Crippen molar-refractivity contribution in [2.24, 2.45) is 0 Å². The van der Waals surface area contributed by atoms with Crippen molar-refractivity contribution >= 4 is 0 Å². The first kappa shape index (κ1) is 5.74. The first-order valence-electron chi connectivity index (χ1n) is 2.27. The van der Waals surface area contributed by atoms with Crippen LogP contribution in [-0.2, 0) is 0 Å². The fraction of sp³-hybridized carbons (Fsp3) is 0.500. The van der Waals surface area contributed by atoms with Gasteiger partial charge in [-0.1, -0.05) is 19.1 Å². The molecule has 0 atom stereocenters. The van der Waals surface area contributed by atoms with E-state index in [1.165, 1.54) is 0 Å². The number of rotatable bonds is 2. The summed E-state index contributed by atoms with van der Waals surface area (Å²) in [5, 5.41) is 0. The van der Waals surface area contributed by atoms with Gasteiger partial charge in [-0.05, 0) is 19.8 Å². The lowest BCUT2D eigenvalue weighted by atomic mass is 10.4. The Labute approximate surface area is 39.9 Å². The van der Waals surface area contributed by atoms with Crippen LogP contribution in [0.4, 0.5) is 0 Å². The highest BCUT2D eigenvalue weighted by Crippen LogP contribution is 1.80. The van der Waals surface area contributed by atoms with Crippen molar-refractivity contribution in [3.8, 4) is 0 Å². The molecule has 0 N–H and O–H groups in total. The van der Waals surface area contributed by atoms with E-state index in [0.29, 0.717) is 6.42 Å². The van der Waals surface area contributed by atoms with Crippen LogP contribution in [0, 0.1) is 6.92 Å². The van der Waals surface area contributed by atoms with Crippen LogP contribution in [0.2, 0.25) is 0 Å². The van der Waals surface area contributed by atoms with E-state index >= 15 is 0 Å². The molecule has 0 spiro atoms. The molecule has 0 heteroatoms. The van der Waals surface area contributed by atoms with E-state index < -0.39 is 0 Å². The van der Waals surface area contributed by atoms with Crippen LogP contribution in [0.15, 0.2) is 12.2 Å². The van der Waals surface area contributed by atoms with Crippen LogP contribution in [-0.4, -0.2) is 0 Å². The lowest BCUT2D eigenvalue weighted by Crippen LogP contribution is -1.51. The van der Waals surface area contributed by atoms with Crippen LogP contribution >= 0.6 is 0 Å². The molecule has 0 aromatic carbocycles. The molecule has 0 heterocycles. The van der Waals surface area contributed by atoms with Gasteiger partial charge >= 0.3 is 0 Å². The van der Waals surface area contributed by atoms with Crippen molar-refractivity contribution in [1.82, 2.24) is 0 Å². The number of hydrogen-bond acceptors (Lipinski definition) is 0. The monoisotopic (exact) mass is 82.1 g/mol. The molecule has 0 aliphatic carbocycles. The topological polar surface area (TPSA) is 0 Å². The lowest BCUT2D eigenvalue weighted by Gasteiger charge is -1.72. The average molecular weight is 82.1 g/mol. The summed E-state index contributed by atoms with van der Waals surface area (Å²) in [5.74, 6) is 0. The Morgan fingerprint density at radius 1 is 1.50 bits per heavy atom. The van der Waals surface area contributed by atoms with Crippen molar-refractivity contribution < 1.29 is 0 Å². The average Bonchev–Trinajstić information content (AvgIpc) is 1.61. The lowest BCUT2D eigenvalue weighted by molar-refractivity contribution is 1.20. The Hall–Kier alpha value is -0.260. The molecule has 6 heavy (non-hydrogen) atoms. The van der Waals surface area contributed by atoms with Crippen molar-refractivity contribution in [1.29, 1.82) is 0 Å². The highest BCUT2D eigenvalue weighted by atomic mass is 13.7. The molecule has 0 saturated heterocycles. The Bertz CT molecular complexity index is 29.3. The van der Waals surface area contributed by atoms with E-state index in [4.69, 9.17) is 6.92 Å². The van der Waals surface area contributed by atoms with Gasteiger partial charge in [0.2, 0.25) is 0 Å². The molecule has 0 aliphatic rings. The van der Waals surface area contributed by atoms with Gasteiger partial charge in [0.25, 0.3) is 0 Å². The standard InChI is InChI=1S/C6H10/c1-3-5-6-4-2/h1,5-6H,3-4H2,2H3/b6-5-. The molecule has 0 aromatic rings. The quantitative estimate of drug-likeness (QED) is 0.447. The van der Waals surface area contributed by atoms with Crippen LogP contribution in [0.3, 0.4) is 0 Å². The molecule has 2 radical (unpaired) electrons. The van der Waals surface area contributed by atoms with Gasteiger partial charge < -0.3 is 0 Å². The van der Waals surface area contributed by atoms with Crippen molar-refractivity contribution in [2.45, 2.75) is 19.8 Å². The summed E-state index contributed by atoms with van der Waals surface area (Å²) in [6.45, 7) is 7.22. The molecule has 0 bridgehead atoms. The SMILES string of the molecule is [CH]C/C=C\CC. The van der Waals surface area contributed by atoms with Gasteiger partial charge in [0.05, 0.1) is 0 Å². The zero-order valence-corrected chi connectivity index (χ0v) is 4.15. The summed E-state index contributed by atoms with van der Waals surface area (Å²) in [5.41, 5.74) is 0. The minimum atomic E-state index is 0.674. The van der Waals surface area contributed by atoms with E-state index in [9.17, 15) is 0 Å². The van der Waals surface area contributed by atoms with Crippen molar-refractivity contribution in [2.75, 3.05) is 0 Å². The predicted octanol–water partition coefficient (Wildman–Crippen LogP) is 2.05. The Morgan fingerprint density at radius 3 is 2.33 bits per heavy atom. The second-order valence-electron chi connectivity index (χ2n) is 1.12. The molecular weight excluding hydrogens is 72.1 g/mol. The molecule has 0 rings (SSSR count).